The Balaban J connectivity index is 1.80. The molecular weight excluding hydrogens is 252 g/mol. The summed E-state index contributed by atoms with van der Waals surface area (Å²) < 4.78 is 0. The molecule has 0 bridgehead atoms. The van der Waals surface area contributed by atoms with Gasteiger partial charge in [0.2, 0.25) is 0 Å². The van der Waals surface area contributed by atoms with Gasteiger partial charge in [-0.05, 0) is 43.3 Å². The first-order valence-corrected chi connectivity index (χ1v) is 8.51. The Morgan fingerprint density at radius 2 is 2.00 bits per heavy atom. The monoisotopic (exact) mass is 278 g/mol. The molecule has 1 aromatic rings. The third-order valence-electron chi connectivity index (χ3n) is 3.74. The van der Waals surface area contributed by atoms with Gasteiger partial charge in [-0.2, -0.15) is 11.8 Å². The second kappa shape index (κ2) is 7.93. The van der Waals surface area contributed by atoms with Crippen LogP contribution in [0.25, 0.3) is 0 Å². The molecular formula is C16H26N2S. The van der Waals surface area contributed by atoms with Gasteiger partial charge in [0.25, 0.3) is 0 Å². The minimum atomic E-state index is 0.774. The van der Waals surface area contributed by atoms with Crippen LogP contribution < -0.4 is 5.32 Å². The first-order chi connectivity index (χ1) is 9.29. The Morgan fingerprint density at radius 3 is 2.63 bits per heavy atom. The molecule has 1 unspecified atom stereocenters. The van der Waals surface area contributed by atoms with Crippen molar-refractivity contribution < 1.29 is 0 Å². The van der Waals surface area contributed by atoms with E-state index in [2.05, 4.69) is 60.2 Å². The van der Waals surface area contributed by atoms with Gasteiger partial charge in [-0.25, -0.2) is 0 Å². The number of thioether (sulfide) groups is 1. The van der Waals surface area contributed by atoms with Crippen molar-refractivity contribution in [1.82, 2.24) is 10.2 Å². The largest absolute Gasteiger partial charge is 0.313 e. The molecule has 106 valence electrons. The average molecular weight is 278 g/mol. The van der Waals surface area contributed by atoms with Gasteiger partial charge in [-0.1, -0.05) is 31.2 Å². The van der Waals surface area contributed by atoms with E-state index in [4.69, 9.17) is 0 Å². The third-order valence-corrected chi connectivity index (χ3v) is 4.88. The molecule has 1 atom stereocenters. The summed E-state index contributed by atoms with van der Waals surface area (Å²) in [5, 5.41) is 3.44. The molecule has 1 saturated heterocycles. The lowest BCUT2D eigenvalue weighted by molar-refractivity contribution is 0.254. The summed E-state index contributed by atoms with van der Waals surface area (Å²) in [7, 11) is 2.26. The average Bonchev–Trinajstić information content (AvgIpc) is 2.95. The lowest BCUT2D eigenvalue weighted by atomic mass is 10.1. The van der Waals surface area contributed by atoms with Crippen molar-refractivity contribution in [2.75, 3.05) is 25.1 Å². The summed E-state index contributed by atoms with van der Waals surface area (Å²) in [6.07, 6.45) is 2.54. The maximum absolute atomic E-state index is 3.44. The summed E-state index contributed by atoms with van der Waals surface area (Å²) in [4.78, 5) is 2.50. The molecule has 1 N–H and O–H groups in total. The second-order valence-corrected chi connectivity index (χ2v) is 6.58. The molecule has 2 rings (SSSR count). The Labute approximate surface area is 122 Å². The highest BCUT2D eigenvalue weighted by Gasteiger charge is 2.19. The van der Waals surface area contributed by atoms with E-state index in [1.54, 1.807) is 0 Å². The summed E-state index contributed by atoms with van der Waals surface area (Å²) in [6.45, 7) is 5.37. The Morgan fingerprint density at radius 1 is 1.26 bits per heavy atom. The van der Waals surface area contributed by atoms with Crippen LogP contribution in [0.4, 0.5) is 0 Å². The van der Waals surface area contributed by atoms with Crippen molar-refractivity contribution in [2.45, 2.75) is 38.9 Å². The molecule has 1 fully saturated rings. The molecule has 1 heterocycles. The fourth-order valence-corrected chi connectivity index (χ4v) is 3.76. The van der Waals surface area contributed by atoms with Gasteiger partial charge in [0.1, 0.15) is 0 Å². The number of nitrogens with zero attached hydrogens (tertiary/aromatic N) is 1. The minimum absolute atomic E-state index is 0.774. The maximum atomic E-state index is 3.44. The molecule has 0 aliphatic carbocycles. The van der Waals surface area contributed by atoms with Gasteiger partial charge in [0, 0.05) is 24.9 Å². The van der Waals surface area contributed by atoms with E-state index in [-0.39, 0.29) is 0 Å². The van der Waals surface area contributed by atoms with Crippen LogP contribution in [0.3, 0.4) is 0 Å². The van der Waals surface area contributed by atoms with Crippen LogP contribution in [0.2, 0.25) is 0 Å². The van der Waals surface area contributed by atoms with E-state index in [1.807, 2.05) is 0 Å². The predicted octanol–water partition coefficient (Wildman–Crippen LogP) is 3.12. The number of hydrogen-bond acceptors (Lipinski definition) is 3. The smallest absolute Gasteiger partial charge is 0.0233 e. The molecule has 0 aromatic heterocycles. The van der Waals surface area contributed by atoms with Gasteiger partial charge in [-0.3, -0.25) is 4.90 Å². The standard InChI is InChI=1S/C16H26N2S/c1-3-9-17-11-14-4-6-15(7-5-14)12-18(2)16-8-10-19-13-16/h4-7,16-17H,3,8-13H2,1-2H3. The van der Waals surface area contributed by atoms with Crippen molar-refractivity contribution in [3.8, 4) is 0 Å². The molecule has 3 heteroatoms. The first-order valence-electron chi connectivity index (χ1n) is 7.36. The van der Waals surface area contributed by atoms with E-state index < -0.39 is 0 Å². The summed E-state index contributed by atoms with van der Waals surface area (Å²) in [5.74, 6) is 2.63. The Kier molecular flexibility index (Phi) is 6.21. The summed E-state index contributed by atoms with van der Waals surface area (Å²) in [5.41, 5.74) is 2.81. The SMILES string of the molecule is CCCNCc1ccc(CN(C)C2CCSC2)cc1. The molecule has 1 aliphatic rings. The van der Waals surface area contributed by atoms with E-state index in [0.29, 0.717) is 0 Å². The van der Waals surface area contributed by atoms with E-state index in [0.717, 1.165) is 25.7 Å². The maximum Gasteiger partial charge on any atom is 0.0233 e. The zero-order chi connectivity index (χ0) is 13.5. The summed E-state index contributed by atoms with van der Waals surface area (Å²) >= 11 is 2.08. The quantitative estimate of drug-likeness (QED) is 0.772. The Hall–Kier alpha value is -0.510. The Bertz CT molecular complexity index is 358. The number of benzene rings is 1. The van der Waals surface area contributed by atoms with Crippen molar-refractivity contribution >= 4 is 11.8 Å². The van der Waals surface area contributed by atoms with Gasteiger partial charge < -0.3 is 5.32 Å². The zero-order valence-electron chi connectivity index (χ0n) is 12.2. The summed E-state index contributed by atoms with van der Waals surface area (Å²) in [6, 6.07) is 9.85. The highest BCUT2D eigenvalue weighted by atomic mass is 32.2. The topological polar surface area (TPSA) is 15.3 Å². The lowest BCUT2D eigenvalue weighted by Gasteiger charge is -2.23. The van der Waals surface area contributed by atoms with Gasteiger partial charge >= 0.3 is 0 Å². The number of hydrogen-bond donors (Lipinski definition) is 1. The zero-order valence-corrected chi connectivity index (χ0v) is 13.0. The normalized spacial score (nSPS) is 19.2. The van der Waals surface area contributed by atoms with Crippen molar-refractivity contribution in [2.24, 2.45) is 0 Å². The van der Waals surface area contributed by atoms with Crippen LogP contribution >= 0.6 is 11.8 Å². The van der Waals surface area contributed by atoms with Gasteiger partial charge in [-0.15, -0.1) is 0 Å². The highest BCUT2D eigenvalue weighted by Crippen LogP contribution is 2.22. The molecule has 0 spiro atoms. The van der Waals surface area contributed by atoms with Crippen molar-refractivity contribution in [3.63, 3.8) is 0 Å². The molecule has 1 aromatic carbocycles. The number of rotatable bonds is 7. The van der Waals surface area contributed by atoms with Crippen LogP contribution in [0, 0.1) is 0 Å². The van der Waals surface area contributed by atoms with Gasteiger partial charge in [0.15, 0.2) is 0 Å². The molecule has 1 aliphatic heterocycles. The van der Waals surface area contributed by atoms with Crippen LogP contribution in [-0.4, -0.2) is 36.0 Å². The second-order valence-electron chi connectivity index (χ2n) is 5.43. The number of nitrogens with one attached hydrogen (secondary N) is 1. The van der Waals surface area contributed by atoms with Crippen LogP contribution in [0.15, 0.2) is 24.3 Å². The fourth-order valence-electron chi connectivity index (χ4n) is 2.46. The van der Waals surface area contributed by atoms with Crippen molar-refractivity contribution in [3.05, 3.63) is 35.4 Å². The molecule has 2 nitrogen and oxygen atoms in total. The van der Waals surface area contributed by atoms with Crippen molar-refractivity contribution in [1.29, 1.82) is 0 Å². The molecule has 0 saturated carbocycles. The third kappa shape index (κ3) is 4.83. The fraction of sp³-hybridized carbons (Fsp3) is 0.625. The first kappa shape index (κ1) is 14.9. The molecule has 0 amide bonds. The van der Waals surface area contributed by atoms with E-state index in [1.165, 1.54) is 35.5 Å². The van der Waals surface area contributed by atoms with Gasteiger partial charge in [0.05, 0.1) is 0 Å². The van der Waals surface area contributed by atoms with Crippen LogP contribution in [-0.2, 0) is 13.1 Å². The lowest BCUT2D eigenvalue weighted by Crippen LogP contribution is -2.30. The van der Waals surface area contributed by atoms with E-state index >= 15 is 0 Å². The van der Waals surface area contributed by atoms with E-state index in [9.17, 15) is 0 Å². The molecule has 19 heavy (non-hydrogen) atoms. The van der Waals surface area contributed by atoms with Crippen LogP contribution in [0.1, 0.15) is 30.9 Å². The van der Waals surface area contributed by atoms with Crippen LogP contribution in [0.5, 0.6) is 0 Å². The minimum Gasteiger partial charge on any atom is -0.313 e. The molecule has 0 radical (unpaired) electrons. The highest BCUT2D eigenvalue weighted by molar-refractivity contribution is 7.99. The predicted molar refractivity (Wildman–Crippen MR) is 85.6 cm³/mol.